The number of rotatable bonds is 3. The first kappa shape index (κ1) is 20.1. The second-order valence-electron chi connectivity index (χ2n) is 8.69. The van der Waals surface area contributed by atoms with Crippen LogP contribution in [0.3, 0.4) is 0 Å². The van der Waals surface area contributed by atoms with Gasteiger partial charge in [-0.2, -0.15) is 0 Å². The van der Waals surface area contributed by atoms with Crippen molar-refractivity contribution in [2.75, 3.05) is 46.3 Å². The van der Waals surface area contributed by atoms with E-state index in [1.54, 1.807) is 12.4 Å². The normalized spacial score (nSPS) is 20.8. The van der Waals surface area contributed by atoms with E-state index >= 15 is 0 Å². The molecule has 4 heterocycles. The van der Waals surface area contributed by atoms with E-state index in [1.165, 1.54) is 19.4 Å². The van der Waals surface area contributed by atoms with Crippen molar-refractivity contribution >= 4 is 16.8 Å². The van der Waals surface area contributed by atoms with E-state index in [-0.39, 0.29) is 5.91 Å². The van der Waals surface area contributed by atoms with Gasteiger partial charge in [-0.3, -0.25) is 14.7 Å². The Morgan fingerprint density at radius 3 is 2.55 bits per heavy atom. The van der Waals surface area contributed by atoms with Crippen LogP contribution in [-0.2, 0) is 0 Å². The second-order valence-corrected chi connectivity index (χ2v) is 8.69. The van der Waals surface area contributed by atoms with Crippen molar-refractivity contribution in [2.24, 2.45) is 0 Å². The highest BCUT2D eigenvalue weighted by atomic mass is 16.2. The maximum atomic E-state index is 13.6. The maximum absolute atomic E-state index is 13.6. The van der Waals surface area contributed by atoms with Gasteiger partial charge in [0, 0.05) is 62.1 Å². The standard InChI is InChI=1S/C25H29N5O/c1-28-12-4-5-20(18-28)29-13-15-30(16-14-29)25(31)22-17-24(19-8-10-26-11-9-19)27-23-7-3-2-6-21(22)23/h2-3,6-11,17,20H,4-5,12-16,18H2,1H3. The first-order valence-corrected chi connectivity index (χ1v) is 11.2. The number of likely N-dealkylation sites (tertiary alicyclic amines) is 1. The fourth-order valence-electron chi connectivity index (χ4n) is 4.92. The average Bonchev–Trinajstić information content (AvgIpc) is 2.83. The lowest BCUT2D eigenvalue weighted by atomic mass is 10.0. The lowest BCUT2D eigenvalue weighted by molar-refractivity contribution is 0.0453. The van der Waals surface area contributed by atoms with Crippen LogP contribution in [0.2, 0.25) is 0 Å². The molecule has 6 nitrogen and oxygen atoms in total. The zero-order valence-corrected chi connectivity index (χ0v) is 18.1. The van der Waals surface area contributed by atoms with E-state index < -0.39 is 0 Å². The fourth-order valence-corrected chi connectivity index (χ4v) is 4.92. The summed E-state index contributed by atoms with van der Waals surface area (Å²) >= 11 is 0. The summed E-state index contributed by atoms with van der Waals surface area (Å²) in [6, 6.07) is 14.4. The monoisotopic (exact) mass is 415 g/mol. The summed E-state index contributed by atoms with van der Waals surface area (Å²) in [5.74, 6) is 0.106. The molecule has 1 atom stereocenters. The number of benzene rings is 1. The van der Waals surface area contributed by atoms with Crippen molar-refractivity contribution in [1.29, 1.82) is 0 Å². The molecular weight excluding hydrogens is 386 g/mol. The van der Waals surface area contributed by atoms with Crippen LogP contribution in [0.5, 0.6) is 0 Å². The number of para-hydroxylation sites is 1. The lowest BCUT2D eigenvalue weighted by Gasteiger charge is -2.42. The van der Waals surface area contributed by atoms with E-state index in [2.05, 4.69) is 21.8 Å². The topological polar surface area (TPSA) is 52.6 Å². The first-order valence-electron chi connectivity index (χ1n) is 11.2. The van der Waals surface area contributed by atoms with Crippen LogP contribution in [0.4, 0.5) is 0 Å². The minimum absolute atomic E-state index is 0.106. The molecule has 0 spiro atoms. The van der Waals surface area contributed by atoms with Crippen molar-refractivity contribution < 1.29 is 4.79 Å². The van der Waals surface area contributed by atoms with E-state index in [0.717, 1.165) is 60.4 Å². The quantitative estimate of drug-likeness (QED) is 0.658. The van der Waals surface area contributed by atoms with Crippen LogP contribution in [-0.4, -0.2) is 82.9 Å². The predicted molar refractivity (Wildman–Crippen MR) is 123 cm³/mol. The van der Waals surface area contributed by atoms with E-state index in [1.807, 2.05) is 47.4 Å². The molecule has 0 bridgehead atoms. The first-order chi connectivity index (χ1) is 15.2. The van der Waals surface area contributed by atoms with Crippen LogP contribution < -0.4 is 0 Å². The van der Waals surface area contributed by atoms with Crippen LogP contribution in [0.1, 0.15) is 23.2 Å². The van der Waals surface area contributed by atoms with Crippen molar-refractivity contribution in [1.82, 2.24) is 24.7 Å². The molecule has 2 saturated heterocycles. The Labute approximate surface area is 183 Å². The molecular formula is C25H29N5O. The summed E-state index contributed by atoms with van der Waals surface area (Å²) in [4.78, 5) is 29.5. The molecule has 0 aliphatic carbocycles. The molecule has 0 saturated carbocycles. The molecule has 1 unspecified atom stereocenters. The molecule has 5 rings (SSSR count). The summed E-state index contributed by atoms with van der Waals surface area (Å²) < 4.78 is 0. The molecule has 3 aromatic rings. The fraction of sp³-hybridized carbons (Fsp3) is 0.400. The SMILES string of the molecule is CN1CCCC(N2CCN(C(=O)c3cc(-c4ccncc4)nc4ccccc34)CC2)C1. The zero-order valence-electron chi connectivity index (χ0n) is 18.1. The average molecular weight is 416 g/mol. The molecule has 2 aromatic heterocycles. The molecule has 0 radical (unpaired) electrons. The third kappa shape index (κ3) is 4.18. The van der Waals surface area contributed by atoms with Crippen molar-refractivity contribution in [3.8, 4) is 11.3 Å². The maximum Gasteiger partial charge on any atom is 0.254 e. The number of carbonyl (C=O) groups excluding carboxylic acids is 1. The molecule has 6 heteroatoms. The summed E-state index contributed by atoms with van der Waals surface area (Å²) in [6.07, 6.45) is 6.05. The number of aromatic nitrogens is 2. The van der Waals surface area contributed by atoms with Gasteiger partial charge in [-0.15, -0.1) is 0 Å². The number of nitrogens with zero attached hydrogens (tertiary/aromatic N) is 5. The van der Waals surface area contributed by atoms with E-state index in [0.29, 0.717) is 6.04 Å². The number of pyridine rings is 2. The molecule has 31 heavy (non-hydrogen) atoms. The molecule has 2 aliphatic heterocycles. The molecule has 1 amide bonds. The summed E-state index contributed by atoms with van der Waals surface area (Å²) in [6.45, 7) is 5.79. The van der Waals surface area contributed by atoms with Crippen molar-refractivity contribution in [3.05, 3.63) is 60.4 Å². The van der Waals surface area contributed by atoms with Gasteiger partial charge in [0.25, 0.3) is 5.91 Å². The predicted octanol–water partition coefficient (Wildman–Crippen LogP) is 3.15. The van der Waals surface area contributed by atoms with Gasteiger partial charge in [-0.1, -0.05) is 18.2 Å². The van der Waals surface area contributed by atoms with Gasteiger partial charge in [-0.25, -0.2) is 4.98 Å². The van der Waals surface area contributed by atoms with Crippen LogP contribution in [0.25, 0.3) is 22.2 Å². The molecule has 2 aliphatic rings. The highest BCUT2D eigenvalue weighted by Crippen LogP contribution is 2.26. The van der Waals surface area contributed by atoms with Gasteiger partial charge in [0.2, 0.25) is 0 Å². The third-order valence-electron chi connectivity index (χ3n) is 6.64. The largest absolute Gasteiger partial charge is 0.336 e. The minimum Gasteiger partial charge on any atom is -0.336 e. The van der Waals surface area contributed by atoms with Crippen LogP contribution in [0, 0.1) is 0 Å². The Morgan fingerprint density at radius 2 is 1.77 bits per heavy atom. The Hall–Kier alpha value is -2.83. The van der Waals surface area contributed by atoms with Gasteiger partial charge >= 0.3 is 0 Å². The van der Waals surface area contributed by atoms with Crippen molar-refractivity contribution in [2.45, 2.75) is 18.9 Å². The smallest absolute Gasteiger partial charge is 0.254 e. The number of fused-ring (bicyclic) bond motifs is 1. The van der Waals surface area contributed by atoms with Gasteiger partial charge in [0.15, 0.2) is 0 Å². The van der Waals surface area contributed by atoms with Crippen LogP contribution in [0.15, 0.2) is 54.9 Å². The van der Waals surface area contributed by atoms with Crippen LogP contribution >= 0.6 is 0 Å². The number of hydrogen-bond donors (Lipinski definition) is 0. The minimum atomic E-state index is 0.106. The third-order valence-corrected chi connectivity index (χ3v) is 6.64. The molecule has 2 fully saturated rings. The van der Waals surface area contributed by atoms with Gasteiger partial charge in [0.05, 0.1) is 16.8 Å². The van der Waals surface area contributed by atoms with Gasteiger partial charge in [0.1, 0.15) is 0 Å². The highest BCUT2D eigenvalue weighted by Gasteiger charge is 2.29. The highest BCUT2D eigenvalue weighted by molar-refractivity contribution is 6.07. The zero-order chi connectivity index (χ0) is 21.2. The lowest BCUT2D eigenvalue weighted by Crippen LogP contribution is -2.55. The summed E-state index contributed by atoms with van der Waals surface area (Å²) in [5.41, 5.74) is 3.38. The van der Waals surface area contributed by atoms with Gasteiger partial charge < -0.3 is 9.80 Å². The molecule has 1 aromatic carbocycles. The summed E-state index contributed by atoms with van der Waals surface area (Å²) in [7, 11) is 2.21. The van der Waals surface area contributed by atoms with E-state index in [4.69, 9.17) is 4.98 Å². The molecule has 160 valence electrons. The summed E-state index contributed by atoms with van der Waals surface area (Å²) in [5, 5.41) is 0.918. The Bertz CT molecular complexity index is 1060. The Kier molecular flexibility index (Phi) is 5.66. The Morgan fingerprint density at radius 1 is 1.00 bits per heavy atom. The Balaban J connectivity index is 1.38. The number of amides is 1. The number of carbonyl (C=O) groups is 1. The van der Waals surface area contributed by atoms with E-state index in [9.17, 15) is 4.79 Å². The second kappa shape index (κ2) is 8.73. The molecule has 0 N–H and O–H groups in total. The number of piperazine rings is 1. The number of likely N-dealkylation sites (N-methyl/N-ethyl adjacent to an activating group) is 1. The number of hydrogen-bond acceptors (Lipinski definition) is 5. The van der Waals surface area contributed by atoms with Crippen molar-refractivity contribution in [3.63, 3.8) is 0 Å². The van der Waals surface area contributed by atoms with Gasteiger partial charge in [-0.05, 0) is 50.7 Å². The number of piperidine rings is 1.